The Balaban J connectivity index is 1.51. The van der Waals surface area contributed by atoms with Crippen LogP contribution in [0.1, 0.15) is 44.9 Å². The van der Waals surface area contributed by atoms with Gasteiger partial charge in [0.05, 0.1) is 33.2 Å². The number of pyridine rings is 1. The van der Waals surface area contributed by atoms with Crippen LogP contribution in [0.25, 0.3) is 54.1 Å². The summed E-state index contributed by atoms with van der Waals surface area (Å²) in [6.45, 7) is 10.4. The van der Waals surface area contributed by atoms with Gasteiger partial charge in [-0.15, -0.1) is 11.3 Å². The maximum Gasteiger partial charge on any atom is 0.337 e. The number of carbonyl (C=O) groups is 1. The van der Waals surface area contributed by atoms with Gasteiger partial charge in [0.1, 0.15) is 5.01 Å². The van der Waals surface area contributed by atoms with Crippen molar-refractivity contribution in [2.45, 2.75) is 52.9 Å². The molecule has 6 aromatic rings. The Morgan fingerprint density at radius 3 is 2.49 bits per heavy atom. The molecule has 0 aliphatic heterocycles. The van der Waals surface area contributed by atoms with E-state index in [0.717, 1.165) is 66.2 Å². The molecule has 1 N–H and O–H groups in total. The number of rotatable bonds is 7. The third-order valence-electron chi connectivity index (χ3n) is 7.26. The van der Waals surface area contributed by atoms with Crippen molar-refractivity contribution in [3.8, 4) is 33.0 Å². The first-order chi connectivity index (χ1) is 20.5. The number of halogens is 1. The zero-order valence-electron chi connectivity index (χ0n) is 24.6. The highest BCUT2D eigenvalue weighted by Gasteiger charge is 2.32. The number of aliphatic carboxylic acids is 1. The van der Waals surface area contributed by atoms with Crippen LogP contribution in [-0.2, 0) is 16.1 Å². The maximum absolute atomic E-state index is 12.6. The molecule has 0 saturated heterocycles. The van der Waals surface area contributed by atoms with Crippen molar-refractivity contribution in [1.82, 2.24) is 19.7 Å². The number of aryl methyl sites for hydroxylation is 2. The van der Waals surface area contributed by atoms with E-state index in [2.05, 4.69) is 35.2 Å². The van der Waals surface area contributed by atoms with Crippen LogP contribution in [0, 0.1) is 6.92 Å². The van der Waals surface area contributed by atoms with Crippen LogP contribution < -0.4 is 0 Å². The fourth-order valence-corrected chi connectivity index (χ4v) is 6.63. The molecule has 3 aromatic carbocycles. The molecule has 0 fully saturated rings. The molecular weight excluding hydrogens is 580 g/mol. The summed E-state index contributed by atoms with van der Waals surface area (Å²) >= 11 is 7.76. The average molecular weight is 611 g/mol. The van der Waals surface area contributed by atoms with E-state index in [1.54, 1.807) is 6.20 Å². The summed E-state index contributed by atoms with van der Waals surface area (Å²) in [6.07, 6.45) is 2.51. The molecule has 0 saturated carbocycles. The predicted molar refractivity (Wildman–Crippen MR) is 174 cm³/mol. The van der Waals surface area contributed by atoms with E-state index in [9.17, 15) is 9.90 Å². The van der Waals surface area contributed by atoms with Crippen molar-refractivity contribution >= 4 is 50.0 Å². The molecule has 9 heteroatoms. The van der Waals surface area contributed by atoms with Crippen molar-refractivity contribution in [3.63, 3.8) is 0 Å². The molecule has 1 unspecified atom stereocenters. The smallest absolute Gasteiger partial charge is 0.337 e. The van der Waals surface area contributed by atoms with E-state index < -0.39 is 17.7 Å². The number of ether oxygens (including phenoxy) is 1. The van der Waals surface area contributed by atoms with Crippen molar-refractivity contribution in [1.29, 1.82) is 0 Å². The standard InChI is InChI=1S/C34H31ClN4O3S/c1-6-39-27-12-9-21(16-23(27)18-37-39)25-17-22(13-14-36-25)32-38-26-15-19(2)28(30(33(40)41)42-34(3,4)5)29(31(26)43-32)20-7-10-24(35)11-8-20/h7-18,30H,6H2,1-5H3,(H,40,41). The summed E-state index contributed by atoms with van der Waals surface area (Å²) in [5, 5.41) is 17.3. The van der Waals surface area contributed by atoms with Gasteiger partial charge in [-0.2, -0.15) is 5.10 Å². The van der Waals surface area contributed by atoms with E-state index >= 15 is 0 Å². The molecular formula is C34H31ClN4O3S. The first-order valence-electron chi connectivity index (χ1n) is 14.1. The summed E-state index contributed by atoms with van der Waals surface area (Å²) in [5.74, 6) is -1.04. The molecule has 0 amide bonds. The lowest BCUT2D eigenvalue weighted by molar-refractivity contribution is -0.160. The number of hydrogen-bond acceptors (Lipinski definition) is 6. The van der Waals surface area contributed by atoms with Gasteiger partial charge in [-0.05, 0) is 88.2 Å². The largest absolute Gasteiger partial charge is 0.479 e. The van der Waals surface area contributed by atoms with Gasteiger partial charge < -0.3 is 9.84 Å². The summed E-state index contributed by atoms with van der Waals surface area (Å²) < 4.78 is 9.00. The van der Waals surface area contributed by atoms with Crippen LogP contribution in [0.15, 0.2) is 73.1 Å². The molecule has 0 spiro atoms. The topological polar surface area (TPSA) is 90.1 Å². The summed E-state index contributed by atoms with van der Waals surface area (Å²) in [7, 11) is 0. The summed E-state index contributed by atoms with van der Waals surface area (Å²) in [6, 6.07) is 19.6. The number of carboxylic acid groups (broad SMARTS) is 1. The molecule has 3 aromatic heterocycles. The Hall–Kier alpha value is -4.11. The number of fused-ring (bicyclic) bond motifs is 2. The fraction of sp³-hybridized carbons (Fsp3) is 0.235. The minimum absolute atomic E-state index is 0.601. The molecule has 0 aliphatic carbocycles. The second kappa shape index (κ2) is 11.2. The van der Waals surface area contributed by atoms with E-state index in [0.29, 0.717) is 10.6 Å². The third-order valence-corrected chi connectivity index (χ3v) is 8.65. The second-order valence-electron chi connectivity index (χ2n) is 11.5. The number of aromatic nitrogens is 4. The number of carboxylic acids is 1. The minimum Gasteiger partial charge on any atom is -0.479 e. The lowest BCUT2D eigenvalue weighted by Crippen LogP contribution is -2.28. The fourth-order valence-electron chi connectivity index (χ4n) is 5.38. The Bertz CT molecular complexity index is 1990. The second-order valence-corrected chi connectivity index (χ2v) is 12.9. The van der Waals surface area contributed by atoms with E-state index in [1.807, 2.05) is 81.0 Å². The highest BCUT2D eigenvalue weighted by Crippen LogP contribution is 2.44. The lowest BCUT2D eigenvalue weighted by Gasteiger charge is -2.28. The molecule has 218 valence electrons. The Labute approximate surface area is 258 Å². The van der Waals surface area contributed by atoms with Gasteiger partial charge in [-0.1, -0.05) is 29.8 Å². The highest BCUT2D eigenvalue weighted by atomic mass is 35.5. The monoisotopic (exact) mass is 610 g/mol. The normalized spacial score (nSPS) is 12.7. The van der Waals surface area contributed by atoms with Crippen LogP contribution >= 0.6 is 22.9 Å². The van der Waals surface area contributed by atoms with Crippen LogP contribution in [0.5, 0.6) is 0 Å². The number of hydrogen-bond donors (Lipinski definition) is 1. The predicted octanol–water partition coefficient (Wildman–Crippen LogP) is 8.96. The zero-order chi connectivity index (χ0) is 30.5. The molecule has 1 atom stereocenters. The number of thiazole rings is 1. The van der Waals surface area contributed by atoms with E-state index in [1.165, 1.54) is 11.3 Å². The summed E-state index contributed by atoms with van der Waals surface area (Å²) in [5.41, 5.74) is 7.01. The van der Waals surface area contributed by atoms with E-state index in [4.69, 9.17) is 21.3 Å². The highest BCUT2D eigenvalue weighted by molar-refractivity contribution is 7.22. The summed E-state index contributed by atoms with van der Waals surface area (Å²) in [4.78, 5) is 22.3. The van der Waals surface area contributed by atoms with Crippen molar-refractivity contribution in [2.24, 2.45) is 0 Å². The van der Waals surface area contributed by atoms with Crippen LogP contribution in [-0.4, -0.2) is 36.4 Å². The SMILES string of the molecule is CCn1ncc2cc(-c3cc(-c4nc5cc(C)c(C(OC(C)(C)C)C(=O)O)c(-c6ccc(Cl)cc6)c5s4)ccn3)ccc21. The average Bonchev–Trinajstić information content (AvgIpc) is 3.59. The minimum atomic E-state index is -1.17. The van der Waals surface area contributed by atoms with Gasteiger partial charge in [-0.3, -0.25) is 9.67 Å². The molecule has 7 nitrogen and oxygen atoms in total. The molecule has 3 heterocycles. The van der Waals surface area contributed by atoms with E-state index in [-0.39, 0.29) is 0 Å². The Morgan fingerprint density at radius 2 is 1.79 bits per heavy atom. The number of benzene rings is 3. The molecule has 6 rings (SSSR count). The molecule has 0 aliphatic rings. The quantitative estimate of drug-likeness (QED) is 0.194. The number of nitrogens with zero attached hydrogens (tertiary/aromatic N) is 4. The molecule has 43 heavy (non-hydrogen) atoms. The first-order valence-corrected chi connectivity index (χ1v) is 15.2. The van der Waals surface area contributed by atoms with Crippen LogP contribution in [0.2, 0.25) is 5.02 Å². The van der Waals surface area contributed by atoms with Crippen molar-refractivity contribution in [3.05, 3.63) is 89.2 Å². The van der Waals surface area contributed by atoms with Gasteiger partial charge in [0.15, 0.2) is 6.10 Å². The van der Waals surface area contributed by atoms with Crippen LogP contribution in [0.3, 0.4) is 0 Å². The Morgan fingerprint density at radius 1 is 1.05 bits per heavy atom. The van der Waals surface area contributed by atoms with Gasteiger partial charge >= 0.3 is 5.97 Å². The maximum atomic E-state index is 12.6. The van der Waals surface area contributed by atoms with Crippen molar-refractivity contribution < 1.29 is 14.6 Å². The van der Waals surface area contributed by atoms with Crippen molar-refractivity contribution in [2.75, 3.05) is 0 Å². The molecule has 0 bridgehead atoms. The molecule has 0 radical (unpaired) electrons. The lowest BCUT2D eigenvalue weighted by atomic mass is 9.91. The van der Waals surface area contributed by atoms with Gasteiger partial charge in [0.2, 0.25) is 0 Å². The Kier molecular flexibility index (Phi) is 7.54. The third kappa shape index (κ3) is 5.66. The first kappa shape index (κ1) is 29.0. The van der Waals surface area contributed by atoms with Gasteiger partial charge in [-0.25, -0.2) is 9.78 Å². The van der Waals surface area contributed by atoms with Gasteiger partial charge in [0.25, 0.3) is 0 Å². The van der Waals surface area contributed by atoms with Crippen LogP contribution in [0.4, 0.5) is 0 Å². The zero-order valence-corrected chi connectivity index (χ0v) is 26.1. The van der Waals surface area contributed by atoms with Gasteiger partial charge in [0, 0.05) is 45.4 Å².